The summed E-state index contributed by atoms with van der Waals surface area (Å²) in [5.41, 5.74) is 0.562. The van der Waals surface area contributed by atoms with Crippen molar-refractivity contribution in [2.75, 3.05) is 0 Å². The average molecular weight is 413 g/mol. The normalized spacial score (nSPS) is 28.2. The highest BCUT2D eigenvalue weighted by molar-refractivity contribution is 5.33. The summed E-state index contributed by atoms with van der Waals surface area (Å²) in [6, 6.07) is 2.33. The van der Waals surface area contributed by atoms with Crippen LogP contribution in [0.15, 0.2) is 24.3 Å². The van der Waals surface area contributed by atoms with E-state index in [1.165, 1.54) is 44.2 Å². The van der Waals surface area contributed by atoms with Crippen molar-refractivity contribution in [1.29, 1.82) is 0 Å². The summed E-state index contributed by atoms with van der Waals surface area (Å²) in [5, 5.41) is 0. The molecule has 0 radical (unpaired) electrons. The van der Waals surface area contributed by atoms with Crippen molar-refractivity contribution >= 4 is 0 Å². The maximum atomic E-state index is 14.0. The minimum Gasteiger partial charge on any atom is -0.429 e. The van der Waals surface area contributed by atoms with Gasteiger partial charge >= 0.3 is 6.61 Å². The Morgan fingerprint density at radius 3 is 1.97 bits per heavy atom. The zero-order valence-electron chi connectivity index (χ0n) is 17.2. The Balaban J connectivity index is 1.50. The Hall–Kier alpha value is -1.52. The fraction of sp³-hybridized carbons (Fsp3) is 0.667. The molecule has 0 aliphatic heterocycles. The lowest BCUT2D eigenvalue weighted by Gasteiger charge is -2.38. The van der Waals surface area contributed by atoms with E-state index < -0.39 is 24.0 Å². The summed E-state index contributed by atoms with van der Waals surface area (Å²) in [5.74, 6) is -0.678. The molecule has 2 saturated carbocycles. The Bertz CT molecular complexity index is 648. The van der Waals surface area contributed by atoms with Crippen LogP contribution in [-0.2, 0) is 0 Å². The third kappa shape index (κ3) is 5.99. The lowest BCUT2D eigenvalue weighted by atomic mass is 9.68. The van der Waals surface area contributed by atoms with E-state index in [-0.39, 0.29) is 5.92 Å². The van der Waals surface area contributed by atoms with E-state index in [9.17, 15) is 17.6 Å². The standard InChI is InChI=1S/C24H32F4O/c1-2-3-4-5-16-6-8-17(9-7-16)18-10-12-19(13-11-18)20-14-21(25)23(22(26)15-20)29-24(27)28/h3-4,14-19,24H,2,5-13H2,1H3. The van der Waals surface area contributed by atoms with Gasteiger partial charge in [0, 0.05) is 0 Å². The highest BCUT2D eigenvalue weighted by Gasteiger charge is 2.31. The number of allylic oxidation sites excluding steroid dienone is 2. The predicted octanol–water partition coefficient (Wildman–Crippen LogP) is 8.00. The fourth-order valence-electron chi connectivity index (χ4n) is 5.29. The molecular weight excluding hydrogens is 380 g/mol. The summed E-state index contributed by atoms with van der Waals surface area (Å²) in [4.78, 5) is 0. The molecule has 0 amide bonds. The first kappa shape index (κ1) is 22.2. The van der Waals surface area contributed by atoms with Gasteiger partial charge in [0.25, 0.3) is 0 Å². The van der Waals surface area contributed by atoms with Crippen LogP contribution in [0.2, 0.25) is 0 Å². The first-order valence-corrected chi connectivity index (χ1v) is 11.1. The highest BCUT2D eigenvalue weighted by Crippen LogP contribution is 2.45. The van der Waals surface area contributed by atoms with Crippen molar-refractivity contribution in [3.05, 3.63) is 41.5 Å². The topological polar surface area (TPSA) is 9.23 Å². The minimum atomic E-state index is -3.24. The number of alkyl halides is 2. The van der Waals surface area contributed by atoms with Crippen LogP contribution in [0.5, 0.6) is 5.75 Å². The smallest absolute Gasteiger partial charge is 0.387 e. The molecule has 5 heteroatoms. The molecule has 0 unspecified atom stereocenters. The van der Waals surface area contributed by atoms with Crippen molar-refractivity contribution in [2.24, 2.45) is 17.8 Å². The largest absolute Gasteiger partial charge is 0.429 e. The van der Waals surface area contributed by atoms with E-state index >= 15 is 0 Å². The van der Waals surface area contributed by atoms with Crippen LogP contribution >= 0.6 is 0 Å². The monoisotopic (exact) mass is 412 g/mol. The van der Waals surface area contributed by atoms with Crippen molar-refractivity contribution < 1.29 is 22.3 Å². The molecule has 2 aliphatic rings. The van der Waals surface area contributed by atoms with E-state index in [4.69, 9.17) is 0 Å². The molecule has 1 nitrogen and oxygen atoms in total. The average Bonchev–Trinajstić information content (AvgIpc) is 2.71. The first-order chi connectivity index (χ1) is 14.0. The van der Waals surface area contributed by atoms with Gasteiger partial charge in [-0.2, -0.15) is 8.78 Å². The lowest BCUT2D eigenvalue weighted by Crippen LogP contribution is -2.25. The Morgan fingerprint density at radius 2 is 1.45 bits per heavy atom. The second-order valence-corrected chi connectivity index (χ2v) is 8.70. The molecule has 1 aromatic rings. The second kappa shape index (κ2) is 10.5. The van der Waals surface area contributed by atoms with Gasteiger partial charge in [0.2, 0.25) is 0 Å². The maximum absolute atomic E-state index is 14.0. The molecule has 0 N–H and O–H groups in total. The molecule has 0 aromatic heterocycles. The third-order valence-electron chi connectivity index (χ3n) is 6.90. The summed E-state index contributed by atoms with van der Waals surface area (Å²) in [6.07, 6.45) is 16.0. The quantitative estimate of drug-likeness (QED) is 0.326. The van der Waals surface area contributed by atoms with Crippen LogP contribution in [0, 0.1) is 29.4 Å². The number of rotatable bonds is 7. The molecular formula is C24H32F4O. The van der Waals surface area contributed by atoms with Gasteiger partial charge in [0.15, 0.2) is 17.4 Å². The van der Waals surface area contributed by atoms with Crippen molar-refractivity contribution in [1.82, 2.24) is 0 Å². The molecule has 3 rings (SSSR count). The van der Waals surface area contributed by atoms with E-state index in [0.29, 0.717) is 11.5 Å². The lowest BCUT2D eigenvalue weighted by molar-refractivity contribution is -0.0546. The molecule has 0 bridgehead atoms. The van der Waals surface area contributed by atoms with E-state index in [1.54, 1.807) is 0 Å². The van der Waals surface area contributed by atoms with Gasteiger partial charge in [-0.15, -0.1) is 0 Å². The minimum absolute atomic E-state index is 0.0892. The zero-order valence-corrected chi connectivity index (χ0v) is 17.2. The summed E-state index contributed by atoms with van der Waals surface area (Å²) in [7, 11) is 0. The Morgan fingerprint density at radius 1 is 0.897 bits per heavy atom. The summed E-state index contributed by atoms with van der Waals surface area (Å²) in [6.45, 7) is -1.07. The van der Waals surface area contributed by atoms with E-state index in [2.05, 4.69) is 23.8 Å². The van der Waals surface area contributed by atoms with E-state index in [0.717, 1.165) is 43.9 Å². The second-order valence-electron chi connectivity index (χ2n) is 8.70. The molecule has 1 aromatic carbocycles. The number of benzene rings is 1. The molecule has 0 spiro atoms. The van der Waals surface area contributed by atoms with Gasteiger partial charge in [-0.25, -0.2) is 8.78 Å². The van der Waals surface area contributed by atoms with E-state index in [1.807, 2.05) is 0 Å². The number of halogens is 4. The third-order valence-corrected chi connectivity index (χ3v) is 6.90. The zero-order chi connectivity index (χ0) is 20.8. The molecule has 0 atom stereocenters. The predicted molar refractivity (Wildman–Crippen MR) is 107 cm³/mol. The van der Waals surface area contributed by atoms with Crippen LogP contribution in [0.1, 0.15) is 82.6 Å². The molecule has 0 saturated heterocycles. The van der Waals surface area contributed by atoms with Crippen molar-refractivity contribution in [3.8, 4) is 5.75 Å². The summed E-state index contributed by atoms with van der Waals surface area (Å²) < 4.78 is 56.6. The molecule has 162 valence electrons. The Kier molecular flexibility index (Phi) is 8.02. The van der Waals surface area contributed by atoms with Gasteiger partial charge in [-0.05, 0) is 106 Å². The van der Waals surface area contributed by atoms with Crippen molar-refractivity contribution in [3.63, 3.8) is 0 Å². The van der Waals surface area contributed by atoms with Gasteiger partial charge in [-0.3, -0.25) is 0 Å². The Labute approximate surface area is 171 Å². The van der Waals surface area contributed by atoms with Gasteiger partial charge in [-0.1, -0.05) is 19.1 Å². The van der Waals surface area contributed by atoms with Gasteiger partial charge in [0.05, 0.1) is 0 Å². The van der Waals surface area contributed by atoms with Gasteiger partial charge in [0.1, 0.15) is 0 Å². The van der Waals surface area contributed by atoms with Crippen molar-refractivity contribution in [2.45, 2.75) is 83.7 Å². The molecule has 29 heavy (non-hydrogen) atoms. The maximum Gasteiger partial charge on any atom is 0.387 e. The molecule has 2 fully saturated rings. The van der Waals surface area contributed by atoms with Crippen LogP contribution in [0.4, 0.5) is 17.6 Å². The first-order valence-electron chi connectivity index (χ1n) is 11.1. The van der Waals surface area contributed by atoms with Gasteiger partial charge < -0.3 is 4.74 Å². The van der Waals surface area contributed by atoms with Crippen LogP contribution < -0.4 is 4.74 Å². The fourth-order valence-corrected chi connectivity index (χ4v) is 5.29. The molecule has 2 aliphatic carbocycles. The number of hydrogen-bond donors (Lipinski definition) is 0. The molecule has 0 heterocycles. The number of ether oxygens (including phenoxy) is 1. The SMILES string of the molecule is CCC=CCC1CCC(C2CCC(c3cc(F)c(OC(F)F)c(F)c3)CC2)CC1. The summed E-state index contributed by atoms with van der Waals surface area (Å²) >= 11 is 0. The van der Waals surface area contributed by atoms with Crippen LogP contribution in [0.3, 0.4) is 0 Å². The van der Waals surface area contributed by atoms with Crippen LogP contribution in [0.25, 0.3) is 0 Å². The highest BCUT2D eigenvalue weighted by atomic mass is 19.3. The van der Waals surface area contributed by atoms with Crippen LogP contribution in [-0.4, -0.2) is 6.61 Å². The number of hydrogen-bond acceptors (Lipinski definition) is 1.